The summed E-state index contributed by atoms with van der Waals surface area (Å²) in [4.78, 5) is 10.8. The van der Waals surface area contributed by atoms with Crippen molar-refractivity contribution < 1.29 is 13.2 Å². The molecular weight excluding hydrogens is 152 g/mol. The number of hydrogen-bond donors (Lipinski definition) is 0. The first-order valence-electron chi connectivity index (χ1n) is 3.23. The lowest BCUT2D eigenvalue weighted by Crippen LogP contribution is -2.23. The summed E-state index contributed by atoms with van der Waals surface area (Å²) >= 11 is 0. The number of carbonyl (C=O) groups excluding carboxylic acids is 1. The molecule has 1 fully saturated rings. The molecule has 0 amide bonds. The molecule has 1 saturated carbocycles. The Morgan fingerprint density at radius 3 is 2.30 bits per heavy atom. The first kappa shape index (κ1) is 7.72. The van der Waals surface area contributed by atoms with Crippen molar-refractivity contribution in [2.75, 3.05) is 6.26 Å². The molecule has 4 heteroatoms. The molecule has 0 bridgehead atoms. The predicted molar refractivity (Wildman–Crippen MR) is 37.5 cm³/mol. The lowest BCUT2D eigenvalue weighted by molar-refractivity contribution is -0.117. The predicted octanol–water partition coefficient (Wildman–Crippen LogP) is 0.153. The van der Waals surface area contributed by atoms with Gasteiger partial charge in [-0.2, -0.15) is 0 Å². The highest BCUT2D eigenvalue weighted by Gasteiger charge is 2.32. The average Bonchev–Trinajstić information content (AvgIpc) is 2.11. The molecule has 0 aromatic carbocycles. The van der Waals surface area contributed by atoms with Crippen LogP contribution < -0.4 is 0 Å². The number of rotatable bonds is 1. The summed E-state index contributed by atoms with van der Waals surface area (Å²) in [5.74, 6) is -0.109. The fourth-order valence-corrected chi connectivity index (χ4v) is 2.43. The molecule has 58 valence electrons. The van der Waals surface area contributed by atoms with E-state index in [9.17, 15) is 13.2 Å². The molecule has 0 aliphatic heterocycles. The maximum Gasteiger partial charge on any atom is 0.157 e. The first-order valence-corrected chi connectivity index (χ1v) is 5.19. The van der Waals surface area contributed by atoms with Gasteiger partial charge in [-0.15, -0.1) is 0 Å². The molecule has 0 saturated heterocycles. The second kappa shape index (κ2) is 2.34. The van der Waals surface area contributed by atoms with Crippen LogP contribution in [-0.2, 0) is 14.6 Å². The monoisotopic (exact) mass is 162 g/mol. The Morgan fingerprint density at radius 2 is 2.10 bits per heavy atom. The maximum atomic E-state index is 10.8. The number of Topliss-reactive ketones (excluding diaryl/α,β-unsaturated/α-hetero) is 1. The topological polar surface area (TPSA) is 51.2 Å². The largest absolute Gasteiger partial charge is 0.298 e. The lowest BCUT2D eigenvalue weighted by Gasteiger charge is -2.02. The van der Waals surface area contributed by atoms with Crippen molar-refractivity contribution in [3.8, 4) is 0 Å². The van der Waals surface area contributed by atoms with Crippen LogP contribution in [0.4, 0.5) is 0 Å². The van der Waals surface area contributed by atoms with E-state index in [0.29, 0.717) is 12.8 Å². The van der Waals surface area contributed by atoms with Crippen molar-refractivity contribution in [2.45, 2.75) is 24.5 Å². The van der Waals surface area contributed by atoms with E-state index in [1.54, 1.807) is 0 Å². The van der Waals surface area contributed by atoms with Gasteiger partial charge >= 0.3 is 0 Å². The van der Waals surface area contributed by atoms with Crippen LogP contribution in [0.5, 0.6) is 0 Å². The minimum absolute atomic E-state index is 0.109. The molecule has 0 N–H and O–H groups in total. The molecule has 0 heterocycles. The van der Waals surface area contributed by atoms with Crippen molar-refractivity contribution in [2.24, 2.45) is 0 Å². The van der Waals surface area contributed by atoms with E-state index in [4.69, 9.17) is 0 Å². The fraction of sp³-hybridized carbons (Fsp3) is 0.833. The summed E-state index contributed by atoms with van der Waals surface area (Å²) in [5, 5.41) is -0.688. The van der Waals surface area contributed by atoms with Crippen molar-refractivity contribution in [3.05, 3.63) is 0 Å². The van der Waals surface area contributed by atoms with E-state index in [0.717, 1.165) is 12.7 Å². The molecule has 1 aliphatic carbocycles. The standard InChI is InChI=1S/C6H10O3S/c1-10(8,9)6-4-2-3-5(6)7/h6H,2-4H2,1H3. The molecule has 1 rings (SSSR count). The van der Waals surface area contributed by atoms with Crippen LogP contribution in [0.3, 0.4) is 0 Å². The highest BCUT2D eigenvalue weighted by atomic mass is 32.2. The molecule has 1 unspecified atom stereocenters. The second-order valence-corrected chi connectivity index (χ2v) is 4.90. The molecule has 0 aromatic rings. The Balaban J connectivity index is 2.84. The van der Waals surface area contributed by atoms with Gasteiger partial charge in [-0.25, -0.2) is 8.42 Å². The van der Waals surface area contributed by atoms with Gasteiger partial charge in [0.2, 0.25) is 0 Å². The number of sulfone groups is 1. The van der Waals surface area contributed by atoms with Crippen LogP contribution in [0, 0.1) is 0 Å². The number of ketones is 1. The zero-order chi connectivity index (χ0) is 7.78. The van der Waals surface area contributed by atoms with Crippen LogP contribution in [-0.4, -0.2) is 25.7 Å². The summed E-state index contributed by atoms with van der Waals surface area (Å²) in [7, 11) is -3.10. The Bertz CT molecular complexity index is 240. The fourth-order valence-electron chi connectivity index (χ4n) is 1.24. The van der Waals surface area contributed by atoms with Gasteiger partial charge in [0.15, 0.2) is 15.6 Å². The van der Waals surface area contributed by atoms with Crippen LogP contribution in [0.1, 0.15) is 19.3 Å². The van der Waals surface area contributed by atoms with E-state index >= 15 is 0 Å². The SMILES string of the molecule is CS(=O)(=O)C1CCCC1=O. The smallest absolute Gasteiger partial charge is 0.157 e. The van der Waals surface area contributed by atoms with Crippen molar-refractivity contribution in [3.63, 3.8) is 0 Å². The third kappa shape index (κ3) is 1.37. The van der Waals surface area contributed by atoms with Gasteiger partial charge < -0.3 is 0 Å². The van der Waals surface area contributed by atoms with E-state index in [1.165, 1.54) is 0 Å². The van der Waals surface area contributed by atoms with E-state index in [2.05, 4.69) is 0 Å². The zero-order valence-corrected chi connectivity index (χ0v) is 6.65. The number of carbonyl (C=O) groups is 1. The van der Waals surface area contributed by atoms with Gasteiger partial charge in [-0.3, -0.25) is 4.79 Å². The average molecular weight is 162 g/mol. The van der Waals surface area contributed by atoms with E-state index in [1.807, 2.05) is 0 Å². The van der Waals surface area contributed by atoms with Crippen molar-refractivity contribution >= 4 is 15.6 Å². The molecule has 3 nitrogen and oxygen atoms in total. The molecule has 0 spiro atoms. The van der Waals surface area contributed by atoms with Gasteiger partial charge in [-0.1, -0.05) is 0 Å². The first-order chi connectivity index (χ1) is 4.52. The summed E-state index contributed by atoms with van der Waals surface area (Å²) in [6.07, 6.45) is 2.83. The van der Waals surface area contributed by atoms with Crippen LogP contribution >= 0.6 is 0 Å². The normalized spacial score (nSPS) is 27.3. The Hall–Kier alpha value is -0.380. The summed E-state index contributed by atoms with van der Waals surface area (Å²) in [6, 6.07) is 0. The summed E-state index contributed by atoms with van der Waals surface area (Å²) < 4.78 is 21.6. The quantitative estimate of drug-likeness (QED) is 0.551. The highest BCUT2D eigenvalue weighted by Crippen LogP contribution is 2.20. The lowest BCUT2D eigenvalue weighted by atomic mass is 10.3. The van der Waals surface area contributed by atoms with Crippen LogP contribution in [0.15, 0.2) is 0 Å². The van der Waals surface area contributed by atoms with E-state index in [-0.39, 0.29) is 5.78 Å². The summed E-state index contributed by atoms with van der Waals surface area (Å²) in [5.41, 5.74) is 0. The molecular formula is C6H10O3S. The van der Waals surface area contributed by atoms with Crippen molar-refractivity contribution in [1.29, 1.82) is 0 Å². The maximum absolute atomic E-state index is 10.8. The summed E-state index contributed by atoms with van der Waals surface area (Å²) in [6.45, 7) is 0. The third-order valence-corrected chi connectivity index (χ3v) is 3.30. The van der Waals surface area contributed by atoms with Crippen LogP contribution in [0.25, 0.3) is 0 Å². The molecule has 1 atom stereocenters. The zero-order valence-electron chi connectivity index (χ0n) is 5.83. The van der Waals surface area contributed by atoms with Gasteiger partial charge in [-0.05, 0) is 12.8 Å². The molecule has 1 aliphatic rings. The molecule has 0 radical (unpaired) electrons. The van der Waals surface area contributed by atoms with Gasteiger partial charge in [0.25, 0.3) is 0 Å². The Morgan fingerprint density at radius 1 is 1.50 bits per heavy atom. The Kier molecular flexibility index (Phi) is 1.81. The van der Waals surface area contributed by atoms with E-state index < -0.39 is 15.1 Å². The Labute approximate surface area is 60.3 Å². The second-order valence-electron chi connectivity index (χ2n) is 2.68. The minimum atomic E-state index is -3.10. The van der Waals surface area contributed by atoms with Crippen molar-refractivity contribution in [1.82, 2.24) is 0 Å². The van der Waals surface area contributed by atoms with Crippen LogP contribution in [0.2, 0.25) is 0 Å². The highest BCUT2D eigenvalue weighted by molar-refractivity contribution is 7.92. The number of hydrogen-bond acceptors (Lipinski definition) is 3. The molecule has 10 heavy (non-hydrogen) atoms. The van der Waals surface area contributed by atoms with Gasteiger partial charge in [0, 0.05) is 12.7 Å². The van der Waals surface area contributed by atoms with Gasteiger partial charge in [0.05, 0.1) is 0 Å². The minimum Gasteiger partial charge on any atom is -0.298 e. The molecule has 0 aromatic heterocycles. The van der Waals surface area contributed by atoms with Gasteiger partial charge in [0.1, 0.15) is 5.25 Å². The third-order valence-electron chi connectivity index (χ3n) is 1.77.